The SMILES string of the molecule is CC[N+]1(C)C(C)C(O)C(O)C1c1ccc(OC)c(OC)c1. The van der Waals surface area contributed by atoms with Crippen LogP contribution in [-0.4, -0.2) is 60.8 Å². The van der Waals surface area contributed by atoms with Gasteiger partial charge >= 0.3 is 0 Å². The van der Waals surface area contributed by atoms with E-state index in [0.717, 1.165) is 12.1 Å². The van der Waals surface area contributed by atoms with Gasteiger partial charge in [-0.15, -0.1) is 0 Å². The van der Waals surface area contributed by atoms with Gasteiger partial charge in [0.05, 0.1) is 27.8 Å². The van der Waals surface area contributed by atoms with Gasteiger partial charge < -0.3 is 24.2 Å². The van der Waals surface area contributed by atoms with Crippen molar-refractivity contribution in [1.82, 2.24) is 0 Å². The minimum atomic E-state index is -0.789. The normalized spacial score (nSPS) is 35.8. The molecule has 0 aliphatic carbocycles. The Bertz CT molecular complexity index is 507. The van der Waals surface area contributed by atoms with Gasteiger partial charge in [-0.25, -0.2) is 0 Å². The highest BCUT2D eigenvalue weighted by molar-refractivity contribution is 5.44. The third-order valence-electron chi connectivity index (χ3n) is 5.16. The van der Waals surface area contributed by atoms with Crippen LogP contribution in [0.4, 0.5) is 0 Å². The lowest BCUT2D eigenvalue weighted by atomic mass is 9.99. The first kappa shape index (κ1) is 16.1. The van der Waals surface area contributed by atoms with Gasteiger partial charge in [0.1, 0.15) is 24.3 Å². The number of benzene rings is 1. The van der Waals surface area contributed by atoms with E-state index < -0.39 is 12.2 Å². The number of rotatable bonds is 4. The number of quaternary nitrogens is 1. The third-order valence-corrected chi connectivity index (χ3v) is 5.16. The van der Waals surface area contributed by atoms with E-state index in [-0.39, 0.29) is 12.1 Å². The zero-order valence-electron chi connectivity index (χ0n) is 13.4. The number of ether oxygens (including phenoxy) is 2. The lowest BCUT2D eigenvalue weighted by molar-refractivity contribution is -0.948. The maximum absolute atomic E-state index is 10.5. The van der Waals surface area contributed by atoms with Crippen molar-refractivity contribution in [1.29, 1.82) is 0 Å². The van der Waals surface area contributed by atoms with E-state index >= 15 is 0 Å². The number of nitrogens with zero attached hydrogens (tertiary/aromatic N) is 1. The second kappa shape index (κ2) is 5.83. The van der Waals surface area contributed by atoms with Gasteiger partial charge in [-0.2, -0.15) is 0 Å². The van der Waals surface area contributed by atoms with Crippen molar-refractivity contribution in [3.05, 3.63) is 23.8 Å². The van der Waals surface area contributed by atoms with E-state index in [4.69, 9.17) is 9.47 Å². The van der Waals surface area contributed by atoms with Crippen LogP contribution in [0.1, 0.15) is 25.5 Å². The fourth-order valence-corrected chi connectivity index (χ4v) is 3.48. The average Bonchev–Trinajstić information content (AvgIpc) is 2.68. The van der Waals surface area contributed by atoms with Crippen LogP contribution in [0.25, 0.3) is 0 Å². The highest BCUT2D eigenvalue weighted by atomic mass is 16.5. The van der Waals surface area contributed by atoms with Gasteiger partial charge in [0, 0.05) is 5.56 Å². The molecule has 1 aromatic carbocycles. The van der Waals surface area contributed by atoms with Crippen LogP contribution in [0.5, 0.6) is 11.5 Å². The maximum atomic E-state index is 10.5. The second-order valence-corrected chi connectivity index (χ2v) is 5.94. The van der Waals surface area contributed by atoms with Crippen molar-refractivity contribution >= 4 is 0 Å². The number of likely N-dealkylation sites (N-methyl/N-ethyl adjacent to an activating group) is 1. The molecule has 5 nitrogen and oxygen atoms in total. The average molecular weight is 296 g/mol. The van der Waals surface area contributed by atoms with Gasteiger partial charge in [0.2, 0.25) is 0 Å². The minimum Gasteiger partial charge on any atom is -0.493 e. The first-order chi connectivity index (χ1) is 9.90. The van der Waals surface area contributed by atoms with Crippen molar-refractivity contribution in [3.8, 4) is 11.5 Å². The fourth-order valence-electron chi connectivity index (χ4n) is 3.48. The van der Waals surface area contributed by atoms with Gasteiger partial charge in [-0.3, -0.25) is 0 Å². The molecule has 2 rings (SSSR count). The predicted molar refractivity (Wildman–Crippen MR) is 80.5 cm³/mol. The summed E-state index contributed by atoms with van der Waals surface area (Å²) in [5.74, 6) is 1.30. The van der Waals surface area contributed by atoms with E-state index in [9.17, 15) is 10.2 Å². The molecular weight excluding hydrogens is 270 g/mol. The molecule has 1 aliphatic rings. The molecule has 21 heavy (non-hydrogen) atoms. The molecule has 1 heterocycles. The molecular formula is C16H26NO4+. The van der Waals surface area contributed by atoms with Crippen LogP contribution in [0.2, 0.25) is 0 Å². The molecule has 1 aromatic rings. The quantitative estimate of drug-likeness (QED) is 0.823. The molecule has 0 radical (unpaired) electrons. The second-order valence-electron chi connectivity index (χ2n) is 5.94. The van der Waals surface area contributed by atoms with Crippen molar-refractivity contribution < 1.29 is 24.2 Å². The first-order valence-corrected chi connectivity index (χ1v) is 7.33. The molecule has 5 unspecified atom stereocenters. The van der Waals surface area contributed by atoms with Crippen LogP contribution >= 0.6 is 0 Å². The van der Waals surface area contributed by atoms with Crippen molar-refractivity contribution in [2.45, 2.75) is 38.1 Å². The maximum Gasteiger partial charge on any atom is 0.161 e. The summed E-state index contributed by atoms with van der Waals surface area (Å²) in [5.41, 5.74) is 0.952. The van der Waals surface area contributed by atoms with Crippen LogP contribution in [0.3, 0.4) is 0 Å². The number of hydrogen-bond acceptors (Lipinski definition) is 4. The number of aliphatic hydroxyl groups excluding tert-OH is 2. The summed E-state index contributed by atoms with van der Waals surface area (Å²) in [6.07, 6.45) is -1.52. The largest absolute Gasteiger partial charge is 0.493 e. The van der Waals surface area contributed by atoms with Crippen LogP contribution in [-0.2, 0) is 0 Å². The number of methoxy groups -OCH3 is 2. The Balaban J connectivity index is 2.48. The Labute approximate surface area is 126 Å². The fraction of sp³-hybridized carbons (Fsp3) is 0.625. The molecule has 5 heteroatoms. The van der Waals surface area contributed by atoms with Crippen molar-refractivity contribution in [2.75, 3.05) is 27.8 Å². The third kappa shape index (κ3) is 2.39. The molecule has 1 aliphatic heterocycles. The molecule has 0 saturated carbocycles. The summed E-state index contributed by atoms with van der Waals surface area (Å²) < 4.78 is 11.2. The Morgan fingerprint density at radius 3 is 2.24 bits per heavy atom. The lowest BCUT2D eigenvalue weighted by Gasteiger charge is -2.39. The molecule has 0 aromatic heterocycles. The van der Waals surface area contributed by atoms with E-state index in [2.05, 4.69) is 14.0 Å². The standard InChI is InChI=1S/C16H26NO4/c1-6-17(3)10(2)15(18)16(19)14(17)11-7-8-12(20-4)13(9-11)21-5/h7-10,14-16,18-19H,6H2,1-5H3/q+1. The Kier molecular flexibility index (Phi) is 4.46. The van der Waals surface area contributed by atoms with E-state index in [0.29, 0.717) is 16.0 Å². The lowest BCUT2D eigenvalue weighted by Crippen LogP contribution is -2.50. The monoisotopic (exact) mass is 296 g/mol. The number of aliphatic hydroxyl groups is 2. The Hall–Kier alpha value is -1.30. The number of hydrogen-bond donors (Lipinski definition) is 2. The summed E-state index contributed by atoms with van der Waals surface area (Å²) in [6.45, 7) is 4.89. The molecule has 0 amide bonds. The molecule has 2 N–H and O–H groups in total. The van der Waals surface area contributed by atoms with Gasteiger partial charge in [0.15, 0.2) is 11.5 Å². The minimum absolute atomic E-state index is 0.0249. The summed E-state index contributed by atoms with van der Waals surface area (Å²) in [7, 11) is 5.27. The first-order valence-electron chi connectivity index (χ1n) is 7.33. The van der Waals surface area contributed by atoms with Crippen LogP contribution in [0, 0.1) is 0 Å². The zero-order valence-corrected chi connectivity index (χ0v) is 13.4. The topological polar surface area (TPSA) is 58.9 Å². The predicted octanol–water partition coefficient (Wildman–Crippen LogP) is 1.34. The summed E-state index contributed by atoms with van der Waals surface area (Å²) >= 11 is 0. The Morgan fingerprint density at radius 2 is 1.71 bits per heavy atom. The number of likely N-dealkylation sites (tertiary alicyclic amines) is 1. The van der Waals surface area contributed by atoms with Gasteiger partial charge in [0.25, 0.3) is 0 Å². The van der Waals surface area contributed by atoms with E-state index in [1.807, 2.05) is 25.1 Å². The molecule has 0 spiro atoms. The smallest absolute Gasteiger partial charge is 0.161 e. The highest BCUT2D eigenvalue weighted by Gasteiger charge is 2.55. The van der Waals surface area contributed by atoms with Gasteiger partial charge in [-0.05, 0) is 32.0 Å². The summed E-state index contributed by atoms with van der Waals surface area (Å²) in [6, 6.07) is 5.47. The molecule has 1 fully saturated rings. The highest BCUT2D eigenvalue weighted by Crippen LogP contribution is 2.44. The van der Waals surface area contributed by atoms with Gasteiger partial charge in [-0.1, -0.05) is 0 Å². The van der Waals surface area contributed by atoms with Crippen molar-refractivity contribution in [2.24, 2.45) is 0 Å². The molecule has 0 bridgehead atoms. The van der Waals surface area contributed by atoms with E-state index in [1.54, 1.807) is 14.2 Å². The summed E-state index contributed by atoms with van der Waals surface area (Å²) in [4.78, 5) is 0. The molecule has 1 saturated heterocycles. The zero-order chi connectivity index (χ0) is 15.8. The van der Waals surface area contributed by atoms with Crippen molar-refractivity contribution in [3.63, 3.8) is 0 Å². The van der Waals surface area contributed by atoms with Crippen LogP contribution < -0.4 is 9.47 Å². The summed E-state index contributed by atoms with van der Waals surface area (Å²) in [5, 5.41) is 20.8. The molecule has 118 valence electrons. The Morgan fingerprint density at radius 1 is 1.10 bits per heavy atom. The molecule has 5 atom stereocenters. The van der Waals surface area contributed by atoms with E-state index in [1.165, 1.54) is 0 Å². The van der Waals surface area contributed by atoms with Crippen LogP contribution in [0.15, 0.2) is 18.2 Å².